The summed E-state index contributed by atoms with van der Waals surface area (Å²) in [6, 6.07) is 0. The Morgan fingerprint density at radius 1 is 0.519 bits per heavy atom. The maximum absolute atomic E-state index is 12.5. The Morgan fingerprint density at radius 3 is 1.23 bits per heavy atom. The summed E-state index contributed by atoms with van der Waals surface area (Å²) in [4.78, 5) is 37.3. The number of quaternary nitrogens is 1. The van der Waals surface area contributed by atoms with Crippen LogP contribution in [0.25, 0.3) is 0 Å². The van der Waals surface area contributed by atoms with Crippen molar-refractivity contribution in [2.45, 2.75) is 213 Å². The third kappa shape index (κ3) is 38.7. The number of likely N-dealkylation sites (N-methyl/N-ethyl adjacent to an activating group) is 1. The molecule has 10 heteroatoms. The first-order valence-corrected chi connectivity index (χ1v) is 23.2. The smallest absolute Gasteiger partial charge is 0.306 e. The predicted molar refractivity (Wildman–Crippen MR) is 213 cm³/mol. The van der Waals surface area contributed by atoms with Gasteiger partial charge in [-0.3, -0.25) is 14.2 Å². The van der Waals surface area contributed by atoms with Gasteiger partial charge in [0, 0.05) is 12.8 Å². The number of esters is 2. The van der Waals surface area contributed by atoms with E-state index in [9.17, 15) is 19.0 Å². The van der Waals surface area contributed by atoms with Crippen molar-refractivity contribution in [2.24, 2.45) is 0 Å². The lowest BCUT2D eigenvalue weighted by Crippen LogP contribution is -2.37. The number of rotatable bonds is 40. The number of carbonyl (C=O) groups is 2. The molecule has 52 heavy (non-hydrogen) atoms. The van der Waals surface area contributed by atoms with Crippen molar-refractivity contribution in [3.63, 3.8) is 0 Å². The molecule has 0 aromatic heterocycles. The molecule has 0 aliphatic heterocycles. The molecule has 0 aromatic carbocycles. The quantitative estimate of drug-likeness (QED) is 0.0263. The number of nitrogens with zero attached hydrogens (tertiary/aromatic N) is 1. The highest BCUT2D eigenvalue weighted by Gasteiger charge is 2.21. The van der Waals surface area contributed by atoms with Crippen LogP contribution < -0.4 is 4.89 Å². The molecule has 0 saturated heterocycles. The molecule has 0 saturated carbocycles. The van der Waals surface area contributed by atoms with E-state index < -0.39 is 26.5 Å². The first-order valence-electron chi connectivity index (χ1n) is 21.7. The van der Waals surface area contributed by atoms with Crippen LogP contribution in [0, 0.1) is 0 Å². The minimum Gasteiger partial charge on any atom is -0.756 e. The molecular weight excluding hydrogens is 677 g/mol. The molecule has 0 heterocycles. The highest BCUT2D eigenvalue weighted by molar-refractivity contribution is 7.45. The molecule has 0 fully saturated rings. The van der Waals surface area contributed by atoms with Crippen LogP contribution in [-0.4, -0.2) is 70.0 Å². The van der Waals surface area contributed by atoms with E-state index in [0.717, 1.165) is 38.5 Å². The summed E-state index contributed by atoms with van der Waals surface area (Å²) in [5, 5.41) is 0. The zero-order valence-corrected chi connectivity index (χ0v) is 35.7. The lowest BCUT2D eigenvalue weighted by Gasteiger charge is -2.28. The van der Waals surface area contributed by atoms with E-state index in [0.29, 0.717) is 17.4 Å². The topological polar surface area (TPSA) is 111 Å². The Kier molecular flexibility index (Phi) is 35.0. The molecule has 9 nitrogen and oxygen atoms in total. The Hall–Kier alpha value is -0.990. The van der Waals surface area contributed by atoms with E-state index in [2.05, 4.69) is 13.8 Å². The second kappa shape index (κ2) is 35.7. The van der Waals surface area contributed by atoms with Gasteiger partial charge in [-0.25, -0.2) is 0 Å². The predicted octanol–water partition coefficient (Wildman–Crippen LogP) is 11.4. The average molecular weight is 762 g/mol. The number of hydrogen-bond donors (Lipinski definition) is 0. The van der Waals surface area contributed by atoms with E-state index in [-0.39, 0.29) is 32.0 Å². The van der Waals surface area contributed by atoms with Gasteiger partial charge in [-0.05, 0) is 12.8 Å². The fourth-order valence-electron chi connectivity index (χ4n) is 6.18. The van der Waals surface area contributed by atoms with Crippen molar-refractivity contribution in [1.29, 1.82) is 0 Å². The number of carbonyl (C=O) groups excluding carboxylic acids is 2. The molecule has 0 amide bonds. The lowest BCUT2D eigenvalue weighted by atomic mass is 10.0. The Bertz CT molecular complexity index is 865. The highest BCUT2D eigenvalue weighted by atomic mass is 31.2. The van der Waals surface area contributed by atoms with Crippen molar-refractivity contribution >= 4 is 19.8 Å². The molecular formula is C42H84NO8P. The minimum absolute atomic E-state index is 0.0262. The summed E-state index contributed by atoms with van der Waals surface area (Å²) < 4.78 is 33.8. The number of phosphoric ester groups is 1. The highest BCUT2D eigenvalue weighted by Crippen LogP contribution is 2.38. The SMILES string of the molecule is CCCCCCCCCCCCCCCCCCCCCCC(=O)OCC(COP(=O)([O-])OCC[N+](C)(C)C)OC(=O)CCCCCCCCCC. The maximum Gasteiger partial charge on any atom is 0.306 e. The fourth-order valence-corrected chi connectivity index (χ4v) is 6.91. The minimum atomic E-state index is -4.61. The third-order valence-electron chi connectivity index (χ3n) is 9.63. The molecule has 0 aliphatic carbocycles. The summed E-state index contributed by atoms with van der Waals surface area (Å²) in [7, 11) is 1.18. The summed E-state index contributed by atoms with van der Waals surface area (Å²) in [6.45, 7) is 4.22. The maximum atomic E-state index is 12.5. The van der Waals surface area contributed by atoms with Gasteiger partial charge in [0.1, 0.15) is 19.8 Å². The van der Waals surface area contributed by atoms with Crippen molar-refractivity contribution in [1.82, 2.24) is 0 Å². The van der Waals surface area contributed by atoms with Gasteiger partial charge < -0.3 is 27.9 Å². The monoisotopic (exact) mass is 762 g/mol. The van der Waals surface area contributed by atoms with Crippen LogP contribution in [0.5, 0.6) is 0 Å². The van der Waals surface area contributed by atoms with Crippen LogP contribution in [0.4, 0.5) is 0 Å². The van der Waals surface area contributed by atoms with Crippen molar-refractivity contribution in [2.75, 3.05) is 47.5 Å². The summed E-state index contributed by atoms with van der Waals surface area (Å²) >= 11 is 0. The van der Waals surface area contributed by atoms with Gasteiger partial charge in [0.2, 0.25) is 0 Å². The number of phosphoric acid groups is 1. The van der Waals surface area contributed by atoms with Crippen LogP contribution in [0.1, 0.15) is 206 Å². The van der Waals surface area contributed by atoms with E-state index in [4.69, 9.17) is 18.5 Å². The third-order valence-corrected chi connectivity index (χ3v) is 10.6. The summed E-state index contributed by atoms with van der Waals surface area (Å²) in [5.74, 6) is -0.826. The largest absolute Gasteiger partial charge is 0.756 e. The number of unbranched alkanes of at least 4 members (excludes halogenated alkanes) is 26. The molecule has 310 valence electrons. The lowest BCUT2D eigenvalue weighted by molar-refractivity contribution is -0.870. The molecule has 2 unspecified atom stereocenters. The van der Waals surface area contributed by atoms with E-state index >= 15 is 0 Å². The van der Waals surface area contributed by atoms with Gasteiger partial charge in [-0.2, -0.15) is 0 Å². The molecule has 0 bridgehead atoms. The van der Waals surface area contributed by atoms with Gasteiger partial charge in [-0.15, -0.1) is 0 Å². The van der Waals surface area contributed by atoms with Crippen LogP contribution in [-0.2, 0) is 32.7 Å². The van der Waals surface area contributed by atoms with Gasteiger partial charge in [0.25, 0.3) is 7.82 Å². The second-order valence-corrected chi connectivity index (χ2v) is 17.5. The Balaban J connectivity index is 4.15. The normalized spacial score (nSPS) is 13.6. The molecule has 0 N–H and O–H groups in total. The molecule has 0 spiro atoms. The van der Waals surface area contributed by atoms with Crippen LogP contribution in [0.2, 0.25) is 0 Å². The first kappa shape index (κ1) is 51.0. The number of hydrogen-bond acceptors (Lipinski definition) is 8. The van der Waals surface area contributed by atoms with Crippen molar-refractivity contribution in [3.05, 3.63) is 0 Å². The fraction of sp³-hybridized carbons (Fsp3) is 0.952. The number of ether oxygens (including phenoxy) is 2. The van der Waals surface area contributed by atoms with Gasteiger partial charge >= 0.3 is 11.9 Å². The summed E-state index contributed by atoms with van der Waals surface area (Å²) in [6.07, 6.45) is 34.3. The second-order valence-electron chi connectivity index (χ2n) is 16.1. The van der Waals surface area contributed by atoms with Gasteiger partial charge in [-0.1, -0.05) is 181 Å². The zero-order chi connectivity index (χ0) is 38.6. The van der Waals surface area contributed by atoms with Gasteiger partial charge in [0.05, 0.1) is 27.7 Å². The van der Waals surface area contributed by atoms with Crippen LogP contribution in [0.3, 0.4) is 0 Å². The zero-order valence-electron chi connectivity index (χ0n) is 34.8. The Morgan fingerprint density at radius 2 is 0.865 bits per heavy atom. The molecule has 2 atom stereocenters. The molecule has 0 aliphatic rings. The van der Waals surface area contributed by atoms with E-state index in [1.807, 2.05) is 21.1 Å². The van der Waals surface area contributed by atoms with Gasteiger partial charge in [0.15, 0.2) is 6.10 Å². The van der Waals surface area contributed by atoms with Crippen LogP contribution >= 0.6 is 7.82 Å². The average Bonchev–Trinajstić information content (AvgIpc) is 3.09. The summed E-state index contributed by atoms with van der Waals surface area (Å²) in [5.41, 5.74) is 0. The first-order chi connectivity index (χ1) is 25.0. The van der Waals surface area contributed by atoms with Crippen molar-refractivity contribution < 1.29 is 42.1 Å². The molecule has 0 radical (unpaired) electrons. The van der Waals surface area contributed by atoms with Crippen molar-refractivity contribution in [3.8, 4) is 0 Å². The van der Waals surface area contributed by atoms with E-state index in [1.165, 1.54) is 135 Å². The standard InChI is InChI=1S/C42H84NO8P/c1-6-8-10-12-14-16-17-18-19-20-21-22-23-24-25-26-27-29-30-32-34-41(44)48-38-40(39-50-52(46,47)49-37-36-43(3,4)5)51-42(45)35-33-31-28-15-13-11-9-7-2/h40H,6-39H2,1-5H3. The molecule has 0 aromatic rings. The molecule has 0 rings (SSSR count). The van der Waals surface area contributed by atoms with Crippen LogP contribution in [0.15, 0.2) is 0 Å². The van der Waals surface area contributed by atoms with E-state index in [1.54, 1.807) is 0 Å². The Labute approximate surface area is 321 Å².